The van der Waals surface area contributed by atoms with E-state index in [0.29, 0.717) is 45.5 Å². The van der Waals surface area contributed by atoms with Crippen LogP contribution in [0.2, 0.25) is 0 Å². The molecule has 0 saturated carbocycles. The molecule has 9 nitrogen and oxygen atoms in total. The van der Waals surface area contributed by atoms with Gasteiger partial charge >= 0.3 is 5.97 Å². The van der Waals surface area contributed by atoms with Gasteiger partial charge in [-0.2, -0.15) is 0 Å². The van der Waals surface area contributed by atoms with Gasteiger partial charge in [-0.1, -0.05) is 6.92 Å². The van der Waals surface area contributed by atoms with Gasteiger partial charge in [0.1, 0.15) is 11.4 Å². The molecule has 10 heteroatoms. The summed E-state index contributed by atoms with van der Waals surface area (Å²) in [5.41, 5.74) is 3.08. The number of amides is 1. The molecule has 0 aliphatic carbocycles. The van der Waals surface area contributed by atoms with Crippen LogP contribution in [0.3, 0.4) is 0 Å². The number of aryl methyl sites for hydroxylation is 1. The number of hydrogen-bond donors (Lipinski definition) is 1. The maximum atomic E-state index is 12.9. The lowest BCUT2D eigenvalue weighted by atomic mass is 10.1. The van der Waals surface area contributed by atoms with Gasteiger partial charge in [0.2, 0.25) is 0 Å². The lowest BCUT2D eigenvalue weighted by molar-refractivity contribution is -0.124. The van der Waals surface area contributed by atoms with Crippen LogP contribution >= 0.6 is 11.3 Å². The van der Waals surface area contributed by atoms with Crippen LogP contribution in [0.15, 0.2) is 69.2 Å². The third kappa shape index (κ3) is 4.69. The highest BCUT2D eigenvalue weighted by Crippen LogP contribution is 2.31. The zero-order valence-electron chi connectivity index (χ0n) is 18.8. The van der Waals surface area contributed by atoms with Gasteiger partial charge in [0.15, 0.2) is 22.8 Å². The molecule has 5 aromatic rings. The highest BCUT2D eigenvalue weighted by molar-refractivity contribution is 7.13. The largest absolute Gasteiger partial charge is 0.463 e. The second kappa shape index (κ2) is 9.51. The van der Waals surface area contributed by atoms with E-state index in [-0.39, 0.29) is 5.56 Å². The Labute approximate surface area is 203 Å². The van der Waals surface area contributed by atoms with Crippen molar-refractivity contribution in [3.63, 3.8) is 0 Å². The Bertz CT molecular complexity index is 1490. The van der Waals surface area contributed by atoms with Crippen molar-refractivity contribution in [3.05, 3.63) is 71.6 Å². The van der Waals surface area contributed by atoms with Crippen molar-refractivity contribution in [2.75, 3.05) is 5.32 Å². The molecule has 176 valence electrons. The first-order chi connectivity index (χ1) is 17.0. The maximum Gasteiger partial charge on any atom is 0.338 e. The summed E-state index contributed by atoms with van der Waals surface area (Å²) in [5.74, 6) is -0.0138. The smallest absolute Gasteiger partial charge is 0.338 e. The normalized spacial score (nSPS) is 11.9. The molecule has 5 rings (SSSR count). The summed E-state index contributed by atoms with van der Waals surface area (Å²) >= 11 is 1.31. The Morgan fingerprint density at radius 2 is 1.69 bits per heavy atom. The number of carbonyl (C=O) groups excluding carboxylic acids is 2. The Hall–Kier alpha value is -4.31. The molecule has 0 saturated heterocycles. The molecule has 1 amide bonds. The predicted molar refractivity (Wildman–Crippen MR) is 130 cm³/mol. The number of hydrogen-bond acceptors (Lipinski definition) is 9. The number of anilines is 1. The molecule has 1 aromatic carbocycles. The van der Waals surface area contributed by atoms with Crippen molar-refractivity contribution in [1.82, 2.24) is 15.0 Å². The van der Waals surface area contributed by atoms with E-state index in [9.17, 15) is 9.59 Å². The van der Waals surface area contributed by atoms with Gasteiger partial charge in [0.25, 0.3) is 5.91 Å². The van der Waals surface area contributed by atoms with E-state index in [1.807, 2.05) is 12.3 Å². The Balaban J connectivity index is 1.43. The summed E-state index contributed by atoms with van der Waals surface area (Å²) in [7, 11) is 0. The van der Waals surface area contributed by atoms with Crippen LogP contribution in [0.4, 0.5) is 5.13 Å². The monoisotopic (exact) mass is 488 g/mol. The molecule has 0 spiro atoms. The van der Waals surface area contributed by atoms with E-state index in [0.717, 1.165) is 5.69 Å². The number of carbonyl (C=O) groups is 2. The van der Waals surface area contributed by atoms with Gasteiger partial charge in [-0.15, -0.1) is 11.3 Å². The molecule has 4 aromatic heterocycles. The van der Waals surface area contributed by atoms with Crippen LogP contribution in [0.1, 0.15) is 29.4 Å². The summed E-state index contributed by atoms with van der Waals surface area (Å²) in [6, 6.07) is 11.9. The van der Waals surface area contributed by atoms with E-state index >= 15 is 0 Å². The van der Waals surface area contributed by atoms with Gasteiger partial charge in [0.05, 0.1) is 34.8 Å². The number of benzene rings is 1. The fraction of sp³-hybridized carbons (Fsp3) is 0.160. The standard InChI is InChI=1S/C25H20N4O5S/c1-3-18(23(30)29-25-26-14(2)13-35-25)34-24(31)15-8-9-16-17(12-15)28-22(20-7-5-11-33-20)21(27-16)19-6-4-10-32-19/h4-13,18H,3H2,1-2H3,(H,26,29,30). The Morgan fingerprint density at radius 3 is 2.26 bits per heavy atom. The zero-order chi connectivity index (χ0) is 24.4. The van der Waals surface area contributed by atoms with Crippen molar-refractivity contribution in [2.24, 2.45) is 0 Å². The molecule has 0 bridgehead atoms. The minimum atomic E-state index is -0.964. The molecule has 0 fully saturated rings. The fourth-order valence-electron chi connectivity index (χ4n) is 3.47. The number of nitrogens with zero attached hydrogens (tertiary/aromatic N) is 3. The van der Waals surface area contributed by atoms with Crippen LogP contribution in [0.5, 0.6) is 0 Å². The van der Waals surface area contributed by atoms with Crippen LogP contribution in [-0.4, -0.2) is 32.9 Å². The second-order valence-electron chi connectivity index (χ2n) is 7.66. The molecule has 1 unspecified atom stereocenters. The average Bonchev–Trinajstić information content (AvgIpc) is 3.64. The fourth-order valence-corrected chi connectivity index (χ4v) is 4.16. The molecule has 35 heavy (non-hydrogen) atoms. The van der Waals surface area contributed by atoms with Gasteiger partial charge < -0.3 is 13.6 Å². The second-order valence-corrected chi connectivity index (χ2v) is 8.52. The van der Waals surface area contributed by atoms with Gasteiger partial charge in [-0.3, -0.25) is 10.1 Å². The minimum absolute atomic E-state index is 0.249. The molecule has 0 radical (unpaired) electrons. The molecule has 1 N–H and O–H groups in total. The van der Waals surface area contributed by atoms with Crippen molar-refractivity contribution in [1.29, 1.82) is 0 Å². The third-order valence-electron chi connectivity index (χ3n) is 5.17. The Morgan fingerprint density at radius 1 is 1.00 bits per heavy atom. The Kier molecular flexibility index (Phi) is 6.11. The summed E-state index contributed by atoms with van der Waals surface area (Å²) in [6.07, 6.45) is 2.45. The number of rotatable bonds is 7. The summed E-state index contributed by atoms with van der Waals surface area (Å²) in [5, 5.41) is 4.98. The van der Waals surface area contributed by atoms with Crippen molar-refractivity contribution in [3.8, 4) is 22.9 Å². The van der Waals surface area contributed by atoms with Crippen LogP contribution < -0.4 is 5.32 Å². The number of furan rings is 2. The molecular formula is C25H20N4O5S. The van der Waals surface area contributed by atoms with Crippen molar-refractivity contribution >= 4 is 39.4 Å². The summed E-state index contributed by atoms with van der Waals surface area (Å²) in [6.45, 7) is 3.60. The predicted octanol–water partition coefficient (Wildman–Crippen LogP) is 5.49. The van der Waals surface area contributed by atoms with Crippen LogP contribution in [0.25, 0.3) is 33.9 Å². The highest BCUT2D eigenvalue weighted by atomic mass is 32.1. The van der Waals surface area contributed by atoms with E-state index < -0.39 is 18.0 Å². The highest BCUT2D eigenvalue weighted by Gasteiger charge is 2.24. The molecule has 4 heterocycles. The number of esters is 1. The molecular weight excluding hydrogens is 468 g/mol. The quantitative estimate of drug-likeness (QED) is 0.299. The minimum Gasteiger partial charge on any atom is -0.463 e. The van der Waals surface area contributed by atoms with Crippen LogP contribution in [-0.2, 0) is 9.53 Å². The molecule has 0 aliphatic rings. The zero-order valence-corrected chi connectivity index (χ0v) is 19.7. The lowest BCUT2D eigenvalue weighted by Crippen LogP contribution is -2.32. The van der Waals surface area contributed by atoms with E-state index in [4.69, 9.17) is 18.6 Å². The third-order valence-corrected chi connectivity index (χ3v) is 6.05. The van der Waals surface area contributed by atoms with Gasteiger partial charge in [0, 0.05) is 5.38 Å². The molecule has 1 atom stereocenters. The average molecular weight is 489 g/mol. The topological polar surface area (TPSA) is 120 Å². The number of thiazole rings is 1. The summed E-state index contributed by atoms with van der Waals surface area (Å²) in [4.78, 5) is 39.1. The number of ether oxygens (including phenoxy) is 1. The van der Waals surface area contributed by atoms with Crippen molar-refractivity contribution < 1.29 is 23.2 Å². The maximum absolute atomic E-state index is 12.9. The summed E-state index contributed by atoms with van der Waals surface area (Å²) < 4.78 is 16.6. The number of aromatic nitrogens is 3. The van der Waals surface area contributed by atoms with Crippen LogP contribution in [0, 0.1) is 6.92 Å². The lowest BCUT2D eigenvalue weighted by Gasteiger charge is -2.15. The number of nitrogens with one attached hydrogen (secondary N) is 1. The van der Waals surface area contributed by atoms with E-state index in [2.05, 4.69) is 15.3 Å². The van der Waals surface area contributed by atoms with Gasteiger partial charge in [-0.05, 0) is 55.8 Å². The van der Waals surface area contributed by atoms with Gasteiger partial charge in [-0.25, -0.2) is 19.7 Å². The first kappa shape index (κ1) is 22.5. The molecule has 0 aliphatic heterocycles. The SMILES string of the molecule is CCC(OC(=O)c1ccc2nc(-c3ccco3)c(-c3ccco3)nc2c1)C(=O)Nc1nc(C)cs1. The van der Waals surface area contributed by atoms with E-state index in [1.165, 1.54) is 11.3 Å². The first-order valence-electron chi connectivity index (χ1n) is 10.9. The first-order valence-corrected chi connectivity index (χ1v) is 11.7. The van der Waals surface area contributed by atoms with E-state index in [1.54, 1.807) is 61.9 Å². The van der Waals surface area contributed by atoms with Crippen molar-refractivity contribution in [2.45, 2.75) is 26.4 Å². The number of fused-ring (bicyclic) bond motifs is 1.